The van der Waals surface area contributed by atoms with Gasteiger partial charge >= 0.3 is 7.60 Å². The summed E-state index contributed by atoms with van der Waals surface area (Å²) in [5.74, 6) is 0. The van der Waals surface area contributed by atoms with Crippen LogP contribution in [0.5, 0.6) is 0 Å². The minimum atomic E-state index is -2.90. The van der Waals surface area contributed by atoms with Crippen molar-refractivity contribution in [1.29, 1.82) is 0 Å². The third kappa shape index (κ3) is 2.81. The molecule has 1 aliphatic rings. The highest BCUT2D eigenvalue weighted by atomic mass is 31.2. The predicted octanol–water partition coefficient (Wildman–Crippen LogP) is 3.14. The van der Waals surface area contributed by atoms with Crippen LogP contribution in [0.15, 0.2) is 23.3 Å². The highest BCUT2D eigenvalue weighted by Crippen LogP contribution is 2.48. The van der Waals surface area contributed by atoms with Gasteiger partial charge in [0, 0.05) is 14.2 Å². The summed E-state index contributed by atoms with van der Waals surface area (Å²) in [7, 11) is -0.0494. The Morgan fingerprint density at radius 2 is 2.07 bits per heavy atom. The van der Waals surface area contributed by atoms with Crippen molar-refractivity contribution >= 4 is 7.60 Å². The molecule has 1 aliphatic carbocycles. The summed E-state index contributed by atoms with van der Waals surface area (Å²) in [4.78, 5) is 0. The standard InChI is InChI=1S/C10H17O3P/c1-9-6-4-5-7-10(9)8-14(11,12-2)13-3/h5,7H,4,6,8H2,1-3H3. The van der Waals surface area contributed by atoms with E-state index in [-0.39, 0.29) is 0 Å². The van der Waals surface area contributed by atoms with Crippen molar-refractivity contribution in [2.75, 3.05) is 20.4 Å². The molecule has 0 aromatic rings. The first-order valence-electron chi connectivity index (χ1n) is 4.67. The van der Waals surface area contributed by atoms with E-state index in [4.69, 9.17) is 9.05 Å². The monoisotopic (exact) mass is 216 g/mol. The van der Waals surface area contributed by atoms with Gasteiger partial charge in [-0.05, 0) is 25.3 Å². The van der Waals surface area contributed by atoms with Crippen LogP contribution in [0.1, 0.15) is 19.8 Å². The molecular weight excluding hydrogens is 199 g/mol. The molecule has 0 spiro atoms. The number of rotatable bonds is 4. The molecule has 3 nitrogen and oxygen atoms in total. The van der Waals surface area contributed by atoms with Gasteiger partial charge in [0.2, 0.25) is 0 Å². The van der Waals surface area contributed by atoms with E-state index in [1.54, 1.807) is 0 Å². The Labute approximate surface area is 85.3 Å². The molecule has 0 aromatic carbocycles. The third-order valence-corrected chi connectivity index (χ3v) is 4.31. The lowest BCUT2D eigenvalue weighted by Gasteiger charge is -2.17. The van der Waals surface area contributed by atoms with Gasteiger partial charge < -0.3 is 9.05 Å². The van der Waals surface area contributed by atoms with Crippen LogP contribution in [-0.4, -0.2) is 20.4 Å². The Morgan fingerprint density at radius 3 is 2.57 bits per heavy atom. The van der Waals surface area contributed by atoms with Gasteiger partial charge in [0.1, 0.15) is 0 Å². The molecule has 0 amide bonds. The van der Waals surface area contributed by atoms with Gasteiger partial charge in [-0.3, -0.25) is 4.57 Å². The van der Waals surface area contributed by atoms with E-state index in [0.29, 0.717) is 6.16 Å². The van der Waals surface area contributed by atoms with Crippen molar-refractivity contribution in [2.24, 2.45) is 0 Å². The first-order valence-corrected chi connectivity index (χ1v) is 6.40. The smallest absolute Gasteiger partial charge is 0.312 e. The van der Waals surface area contributed by atoms with Crippen molar-refractivity contribution < 1.29 is 13.6 Å². The van der Waals surface area contributed by atoms with Crippen LogP contribution in [-0.2, 0) is 13.6 Å². The first kappa shape index (κ1) is 11.7. The highest BCUT2D eigenvalue weighted by molar-refractivity contribution is 7.54. The summed E-state index contributed by atoms with van der Waals surface area (Å²) in [6.45, 7) is 2.06. The lowest BCUT2D eigenvalue weighted by molar-refractivity contribution is 0.278. The minimum absolute atomic E-state index is 0.377. The van der Waals surface area contributed by atoms with E-state index in [1.807, 2.05) is 6.08 Å². The Hall–Kier alpha value is -0.370. The van der Waals surface area contributed by atoms with Gasteiger partial charge in [0.25, 0.3) is 0 Å². The average Bonchev–Trinajstić information content (AvgIpc) is 2.21. The SMILES string of the molecule is COP(=O)(CC1=C(C)CCC=C1)OC. The maximum Gasteiger partial charge on any atom is 0.334 e. The predicted molar refractivity (Wildman–Crippen MR) is 57.6 cm³/mol. The normalized spacial score (nSPS) is 17.6. The maximum atomic E-state index is 11.9. The second-order valence-corrected chi connectivity index (χ2v) is 5.65. The van der Waals surface area contributed by atoms with Crippen LogP contribution in [0.2, 0.25) is 0 Å². The van der Waals surface area contributed by atoms with E-state index >= 15 is 0 Å². The van der Waals surface area contributed by atoms with Crippen molar-refractivity contribution in [2.45, 2.75) is 19.8 Å². The highest BCUT2D eigenvalue weighted by Gasteiger charge is 2.23. The van der Waals surface area contributed by atoms with E-state index in [1.165, 1.54) is 19.8 Å². The summed E-state index contributed by atoms with van der Waals surface area (Å²) in [6.07, 6.45) is 6.60. The number of hydrogen-bond acceptors (Lipinski definition) is 3. The fourth-order valence-electron chi connectivity index (χ4n) is 1.43. The zero-order chi connectivity index (χ0) is 10.6. The Bertz CT molecular complexity index is 296. The Kier molecular flexibility index (Phi) is 4.11. The minimum Gasteiger partial charge on any atom is -0.312 e. The van der Waals surface area contributed by atoms with Gasteiger partial charge in [-0.1, -0.05) is 17.7 Å². The van der Waals surface area contributed by atoms with Crippen LogP contribution in [0.3, 0.4) is 0 Å². The van der Waals surface area contributed by atoms with Crippen molar-refractivity contribution in [3.05, 3.63) is 23.3 Å². The molecule has 0 aromatic heterocycles. The molecule has 4 heteroatoms. The van der Waals surface area contributed by atoms with E-state index < -0.39 is 7.60 Å². The number of hydrogen-bond donors (Lipinski definition) is 0. The van der Waals surface area contributed by atoms with Crippen LogP contribution < -0.4 is 0 Å². The quantitative estimate of drug-likeness (QED) is 0.677. The average molecular weight is 216 g/mol. The molecule has 0 saturated carbocycles. The van der Waals surface area contributed by atoms with Gasteiger partial charge in [0.05, 0.1) is 6.16 Å². The molecule has 0 radical (unpaired) electrons. The Balaban J connectivity index is 2.77. The maximum absolute atomic E-state index is 11.9. The second kappa shape index (κ2) is 4.92. The molecule has 0 unspecified atom stereocenters. The van der Waals surface area contributed by atoms with Gasteiger partial charge in [-0.2, -0.15) is 0 Å². The molecule has 14 heavy (non-hydrogen) atoms. The third-order valence-electron chi connectivity index (χ3n) is 2.47. The van der Waals surface area contributed by atoms with Gasteiger partial charge in [-0.15, -0.1) is 0 Å². The molecule has 0 atom stereocenters. The summed E-state index contributed by atoms with van der Waals surface area (Å²) < 4.78 is 21.7. The number of allylic oxidation sites excluding steroid dienone is 4. The van der Waals surface area contributed by atoms with Gasteiger partial charge in [0.15, 0.2) is 0 Å². The lowest BCUT2D eigenvalue weighted by atomic mass is 10.0. The zero-order valence-corrected chi connectivity index (χ0v) is 9.84. The summed E-state index contributed by atoms with van der Waals surface area (Å²) in [6, 6.07) is 0. The molecule has 0 fully saturated rings. The van der Waals surface area contributed by atoms with Crippen LogP contribution in [0.4, 0.5) is 0 Å². The summed E-state index contributed by atoms with van der Waals surface area (Å²) in [5.41, 5.74) is 2.37. The van der Waals surface area contributed by atoms with Crippen molar-refractivity contribution in [3.8, 4) is 0 Å². The van der Waals surface area contributed by atoms with Crippen molar-refractivity contribution in [3.63, 3.8) is 0 Å². The fraction of sp³-hybridized carbons (Fsp3) is 0.600. The van der Waals surface area contributed by atoms with E-state index in [2.05, 4.69) is 13.0 Å². The van der Waals surface area contributed by atoms with Crippen LogP contribution in [0.25, 0.3) is 0 Å². The molecule has 1 rings (SSSR count). The topological polar surface area (TPSA) is 35.5 Å². The molecule has 0 N–H and O–H groups in total. The van der Waals surface area contributed by atoms with Crippen LogP contribution in [0, 0.1) is 0 Å². The Morgan fingerprint density at radius 1 is 1.43 bits per heavy atom. The van der Waals surface area contributed by atoms with E-state index in [0.717, 1.165) is 18.4 Å². The zero-order valence-electron chi connectivity index (χ0n) is 8.95. The lowest BCUT2D eigenvalue weighted by Crippen LogP contribution is -2.01. The first-order chi connectivity index (χ1) is 6.61. The summed E-state index contributed by atoms with van der Waals surface area (Å²) in [5, 5.41) is 0. The molecule has 0 bridgehead atoms. The molecule has 80 valence electrons. The second-order valence-electron chi connectivity index (χ2n) is 3.38. The largest absolute Gasteiger partial charge is 0.334 e. The fourth-order valence-corrected chi connectivity index (χ4v) is 2.63. The summed E-state index contributed by atoms with van der Waals surface area (Å²) >= 11 is 0. The van der Waals surface area contributed by atoms with Gasteiger partial charge in [-0.25, -0.2) is 0 Å². The van der Waals surface area contributed by atoms with E-state index in [9.17, 15) is 4.57 Å². The molecule has 0 saturated heterocycles. The molecular formula is C10H17O3P. The molecule has 0 aliphatic heterocycles. The van der Waals surface area contributed by atoms with Crippen molar-refractivity contribution in [1.82, 2.24) is 0 Å². The molecule has 0 heterocycles. The van der Waals surface area contributed by atoms with Crippen LogP contribution >= 0.6 is 7.60 Å².